The molecule has 0 aliphatic carbocycles. The molecule has 25 heavy (non-hydrogen) atoms. The molecule has 0 radical (unpaired) electrons. The van der Waals surface area contributed by atoms with Gasteiger partial charge in [0.1, 0.15) is 11.5 Å². The molecule has 1 aromatic carbocycles. The van der Waals surface area contributed by atoms with E-state index in [1.54, 1.807) is 30.7 Å². The van der Waals surface area contributed by atoms with E-state index in [0.717, 1.165) is 31.6 Å². The molecule has 0 saturated heterocycles. The Morgan fingerprint density at radius 2 is 2.04 bits per heavy atom. The number of alkyl halides is 3. The van der Waals surface area contributed by atoms with E-state index in [-0.39, 0.29) is 0 Å². The molecular formula is C18H18F3N3O. The topological polar surface area (TPSA) is 43.0 Å². The summed E-state index contributed by atoms with van der Waals surface area (Å²) in [5, 5.41) is 3.26. The van der Waals surface area contributed by atoms with Gasteiger partial charge in [-0.2, -0.15) is 13.2 Å². The number of imidazole rings is 1. The fraction of sp³-hybridized carbons (Fsp3) is 0.278. The maximum atomic E-state index is 12.8. The molecule has 0 amide bonds. The van der Waals surface area contributed by atoms with Crippen LogP contribution in [0.2, 0.25) is 0 Å². The standard InChI is InChI=1S/C18H18F3N3O/c19-18(20,21)15-4-1-3-14(11-15)17-6-5-16(25-17)12-22-7-2-9-24-10-8-23-13-24/h1,3-6,8,10-11,13,22H,2,7,9,12H2. The highest BCUT2D eigenvalue weighted by atomic mass is 19.4. The van der Waals surface area contributed by atoms with E-state index in [1.807, 2.05) is 10.8 Å². The van der Waals surface area contributed by atoms with E-state index in [2.05, 4.69) is 10.3 Å². The third-order valence-electron chi connectivity index (χ3n) is 3.76. The molecule has 0 aliphatic rings. The van der Waals surface area contributed by atoms with Crippen LogP contribution in [-0.2, 0) is 19.3 Å². The minimum Gasteiger partial charge on any atom is -0.460 e. The second kappa shape index (κ2) is 7.57. The van der Waals surface area contributed by atoms with Crippen LogP contribution in [0.4, 0.5) is 13.2 Å². The quantitative estimate of drug-likeness (QED) is 0.645. The Hall–Kier alpha value is -2.54. The number of furan rings is 1. The zero-order valence-corrected chi connectivity index (χ0v) is 13.5. The van der Waals surface area contributed by atoms with Crippen molar-refractivity contribution >= 4 is 0 Å². The van der Waals surface area contributed by atoms with Gasteiger partial charge >= 0.3 is 6.18 Å². The average molecular weight is 349 g/mol. The van der Waals surface area contributed by atoms with Crippen LogP contribution in [0, 0.1) is 0 Å². The molecule has 0 spiro atoms. The van der Waals surface area contributed by atoms with Crippen molar-refractivity contribution in [2.24, 2.45) is 0 Å². The van der Waals surface area contributed by atoms with Gasteiger partial charge in [-0.05, 0) is 37.2 Å². The van der Waals surface area contributed by atoms with Crippen LogP contribution < -0.4 is 5.32 Å². The Labute approximate surface area is 143 Å². The highest BCUT2D eigenvalue weighted by Crippen LogP contribution is 2.32. The van der Waals surface area contributed by atoms with E-state index in [0.29, 0.717) is 23.6 Å². The van der Waals surface area contributed by atoms with Crippen LogP contribution in [-0.4, -0.2) is 16.1 Å². The second-order valence-corrected chi connectivity index (χ2v) is 5.68. The lowest BCUT2D eigenvalue weighted by Gasteiger charge is -2.07. The molecular weight excluding hydrogens is 331 g/mol. The van der Waals surface area contributed by atoms with Crippen LogP contribution in [0.5, 0.6) is 0 Å². The third-order valence-corrected chi connectivity index (χ3v) is 3.76. The van der Waals surface area contributed by atoms with Gasteiger partial charge in [-0.25, -0.2) is 4.98 Å². The van der Waals surface area contributed by atoms with E-state index >= 15 is 0 Å². The zero-order valence-electron chi connectivity index (χ0n) is 13.5. The fourth-order valence-electron chi connectivity index (χ4n) is 2.49. The molecule has 3 aromatic rings. The summed E-state index contributed by atoms with van der Waals surface area (Å²) in [6.07, 6.45) is 2.01. The van der Waals surface area contributed by atoms with Gasteiger partial charge in [0.25, 0.3) is 0 Å². The van der Waals surface area contributed by atoms with Gasteiger partial charge in [0.15, 0.2) is 0 Å². The van der Waals surface area contributed by atoms with Crippen LogP contribution >= 0.6 is 0 Å². The lowest BCUT2D eigenvalue weighted by atomic mass is 10.1. The normalized spacial score (nSPS) is 11.8. The van der Waals surface area contributed by atoms with Gasteiger partial charge in [0.05, 0.1) is 18.4 Å². The Kier molecular flexibility index (Phi) is 5.23. The molecule has 0 aliphatic heterocycles. The number of hydrogen-bond acceptors (Lipinski definition) is 3. The van der Waals surface area contributed by atoms with Gasteiger partial charge < -0.3 is 14.3 Å². The number of nitrogens with one attached hydrogen (secondary N) is 1. The highest BCUT2D eigenvalue weighted by molar-refractivity contribution is 5.58. The maximum Gasteiger partial charge on any atom is 0.416 e. The number of benzene rings is 1. The minimum absolute atomic E-state index is 0.418. The Morgan fingerprint density at radius 1 is 1.16 bits per heavy atom. The summed E-state index contributed by atoms with van der Waals surface area (Å²) in [6.45, 7) is 2.21. The molecule has 3 rings (SSSR count). The SMILES string of the molecule is FC(F)(F)c1cccc(-c2ccc(CNCCCn3ccnc3)o2)c1. The van der Waals surface area contributed by atoms with Gasteiger partial charge in [-0.3, -0.25) is 0 Å². The predicted octanol–water partition coefficient (Wildman–Crippen LogP) is 4.34. The van der Waals surface area contributed by atoms with Gasteiger partial charge in [-0.1, -0.05) is 12.1 Å². The summed E-state index contributed by atoms with van der Waals surface area (Å²) in [5.41, 5.74) is -0.262. The Balaban J connectivity index is 1.52. The average Bonchev–Trinajstić information content (AvgIpc) is 3.25. The number of aryl methyl sites for hydroxylation is 1. The number of rotatable bonds is 7. The molecule has 0 atom stereocenters. The van der Waals surface area contributed by atoms with Gasteiger partial charge in [0.2, 0.25) is 0 Å². The van der Waals surface area contributed by atoms with Crippen molar-refractivity contribution in [3.8, 4) is 11.3 Å². The molecule has 132 valence electrons. The number of aromatic nitrogens is 2. The first kappa shape index (κ1) is 17.3. The molecule has 0 bridgehead atoms. The fourth-order valence-corrected chi connectivity index (χ4v) is 2.49. The van der Waals surface area contributed by atoms with Crippen molar-refractivity contribution in [3.63, 3.8) is 0 Å². The molecule has 0 fully saturated rings. The molecule has 0 unspecified atom stereocenters. The number of nitrogens with zero attached hydrogens (tertiary/aromatic N) is 2. The van der Waals surface area contributed by atoms with Crippen LogP contribution in [0.15, 0.2) is 59.5 Å². The summed E-state index contributed by atoms with van der Waals surface area (Å²) in [6, 6.07) is 8.61. The molecule has 1 N–H and O–H groups in total. The number of halogens is 3. The molecule has 4 nitrogen and oxygen atoms in total. The monoisotopic (exact) mass is 349 g/mol. The van der Waals surface area contributed by atoms with Gasteiger partial charge in [-0.15, -0.1) is 0 Å². The van der Waals surface area contributed by atoms with Crippen molar-refractivity contribution < 1.29 is 17.6 Å². The van der Waals surface area contributed by atoms with Crippen molar-refractivity contribution in [1.82, 2.24) is 14.9 Å². The summed E-state index contributed by atoms with van der Waals surface area (Å²) in [4.78, 5) is 3.98. The highest BCUT2D eigenvalue weighted by Gasteiger charge is 2.30. The first-order chi connectivity index (χ1) is 12.0. The summed E-state index contributed by atoms with van der Waals surface area (Å²) in [5.74, 6) is 1.12. The Bertz CT molecular complexity index is 794. The van der Waals surface area contributed by atoms with E-state index in [1.165, 1.54) is 6.07 Å². The van der Waals surface area contributed by atoms with Crippen LogP contribution in [0.3, 0.4) is 0 Å². The molecule has 7 heteroatoms. The van der Waals surface area contributed by atoms with E-state index in [9.17, 15) is 13.2 Å². The van der Waals surface area contributed by atoms with Crippen LogP contribution in [0.1, 0.15) is 17.7 Å². The minimum atomic E-state index is -4.36. The predicted molar refractivity (Wildman–Crippen MR) is 87.7 cm³/mol. The third kappa shape index (κ3) is 4.73. The molecule has 0 saturated carbocycles. The second-order valence-electron chi connectivity index (χ2n) is 5.68. The van der Waals surface area contributed by atoms with E-state index in [4.69, 9.17) is 4.42 Å². The summed E-state index contributed by atoms with van der Waals surface area (Å²) < 4.78 is 46.0. The number of hydrogen-bond donors (Lipinski definition) is 1. The smallest absolute Gasteiger partial charge is 0.416 e. The van der Waals surface area contributed by atoms with Crippen molar-refractivity contribution in [1.29, 1.82) is 0 Å². The first-order valence-electron chi connectivity index (χ1n) is 7.95. The van der Waals surface area contributed by atoms with Crippen LogP contribution in [0.25, 0.3) is 11.3 Å². The van der Waals surface area contributed by atoms with Crippen molar-refractivity contribution in [2.45, 2.75) is 25.7 Å². The van der Waals surface area contributed by atoms with Crippen molar-refractivity contribution in [2.75, 3.05) is 6.54 Å². The summed E-state index contributed by atoms with van der Waals surface area (Å²) in [7, 11) is 0. The van der Waals surface area contributed by atoms with Gasteiger partial charge in [0, 0.05) is 24.5 Å². The molecule has 2 heterocycles. The first-order valence-corrected chi connectivity index (χ1v) is 7.95. The van der Waals surface area contributed by atoms with Crippen molar-refractivity contribution in [3.05, 3.63) is 66.4 Å². The van der Waals surface area contributed by atoms with E-state index < -0.39 is 11.7 Å². The zero-order chi connectivity index (χ0) is 17.7. The Morgan fingerprint density at radius 3 is 2.80 bits per heavy atom. The lowest BCUT2D eigenvalue weighted by molar-refractivity contribution is -0.137. The lowest BCUT2D eigenvalue weighted by Crippen LogP contribution is -2.15. The molecule has 2 aromatic heterocycles. The largest absolute Gasteiger partial charge is 0.460 e. The summed E-state index contributed by atoms with van der Waals surface area (Å²) >= 11 is 0. The maximum absolute atomic E-state index is 12.8.